The van der Waals surface area contributed by atoms with E-state index >= 15 is 0 Å². The molecule has 1 amide bonds. The van der Waals surface area contributed by atoms with E-state index in [1.807, 2.05) is 24.3 Å². The average molecular weight is 385 g/mol. The Bertz CT molecular complexity index is 817. The smallest absolute Gasteiger partial charge is 0.306 e. The third-order valence-electron chi connectivity index (χ3n) is 4.77. The van der Waals surface area contributed by atoms with Gasteiger partial charge in [0.2, 0.25) is 0 Å². The van der Waals surface area contributed by atoms with Crippen LogP contribution in [0.15, 0.2) is 24.3 Å². The lowest BCUT2D eigenvalue weighted by atomic mass is 9.83. The second kappa shape index (κ2) is 8.96. The van der Waals surface area contributed by atoms with Crippen molar-refractivity contribution in [3.8, 4) is 6.07 Å². The lowest BCUT2D eigenvalue weighted by Gasteiger charge is -2.31. The van der Waals surface area contributed by atoms with Crippen LogP contribution in [0.2, 0.25) is 0 Å². The van der Waals surface area contributed by atoms with Gasteiger partial charge in [0, 0.05) is 6.42 Å². The number of esters is 1. The van der Waals surface area contributed by atoms with E-state index < -0.39 is 17.4 Å². The van der Waals surface area contributed by atoms with Crippen LogP contribution in [0.5, 0.6) is 0 Å². The summed E-state index contributed by atoms with van der Waals surface area (Å²) in [7, 11) is 0. The number of carbonyl (C=O) groups excluding carboxylic acids is 2. The third-order valence-corrected chi connectivity index (χ3v) is 5.87. The van der Waals surface area contributed by atoms with Crippen molar-refractivity contribution in [2.24, 2.45) is 0 Å². The minimum absolute atomic E-state index is 0.243. The Morgan fingerprint density at radius 2 is 2.04 bits per heavy atom. The highest BCUT2D eigenvalue weighted by atomic mass is 32.1. The first kappa shape index (κ1) is 19.3. The van der Waals surface area contributed by atoms with Crippen molar-refractivity contribution in [3.63, 3.8) is 0 Å². The van der Waals surface area contributed by atoms with Gasteiger partial charge in [-0.05, 0) is 37.8 Å². The molecular formula is C20H23N3O3S. The lowest BCUT2D eigenvalue weighted by Crippen LogP contribution is -2.50. The average Bonchev–Trinajstić information content (AvgIpc) is 3.10. The summed E-state index contributed by atoms with van der Waals surface area (Å²) < 4.78 is 6.19. The summed E-state index contributed by atoms with van der Waals surface area (Å²) in [6.07, 6.45) is 5.84. The maximum atomic E-state index is 12.0. The number of hydrogen-bond donors (Lipinski definition) is 1. The van der Waals surface area contributed by atoms with Gasteiger partial charge in [-0.15, -0.1) is 11.3 Å². The summed E-state index contributed by atoms with van der Waals surface area (Å²) in [6.45, 7) is -0.330. The normalized spacial score (nSPS) is 15.8. The fourth-order valence-corrected chi connectivity index (χ4v) is 4.36. The Balaban J connectivity index is 1.37. The highest BCUT2D eigenvalue weighted by molar-refractivity contribution is 7.18. The van der Waals surface area contributed by atoms with E-state index in [0.29, 0.717) is 25.7 Å². The van der Waals surface area contributed by atoms with Crippen LogP contribution in [-0.4, -0.2) is 29.0 Å². The number of nitrogens with one attached hydrogen (secondary N) is 1. The number of aryl methyl sites for hydroxylation is 1. The molecule has 0 saturated heterocycles. The zero-order chi connectivity index (χ0) is 19.1. The van der Waals surface area contributed by atoms with Crippen molar-refractivity contribution >= 4 is 33.4 Å². The fraction of sp³-hybridized carbons (Fsp3) is 0.500. The number of ether oxygens (including phenoxy) is 1. The molecule has 0 bridgehead atoms. The molecule has 1 aliphatic carbocycles. The van der Waals surface area contributed by atoms with Crippen LogP contribution < -0.4 is 5.32 Å². The van der Waals surface area contributed by atoms with Gasteiger partial charge in [-0.25, -0.2) is 4.98 Å². The van der Waals surface area contributed by atoms with E-state index in [2.05, 4.69) is 16.4 Å². The molecule has 0 atom stereocenters. The number of para-hydroxylation sites is 1. The number of benzene rings is 1. The van der Waals surface area contributed by atoms with Gasteiger partial charge in [0.05, 0.1) is 21.3 Å². The molecule has 1 aromatic heterocycles. The van der Waals surface area contributed by atoms with Gasteiger partial charge in [0.1, 0.15) is 5.54 Å². The molecule has 0 unspecified atom stereocenters. The van der Waals surface area contributed by atoms with Crippen LogP contribution in [-0.2, 0) is 20.7 Å². The van der Waals surface area contributed by atoms with Crippen LogP contribution in [0.1, 0.15) is 50.0 Å². The number of aromatic nitrogens is 1. The Morgan fingerprint density at radius 3 is 2.78 bits per heavy atom. The van der Waals surface area contributed by atoms with Crippen molar-refractivity contribution in [3.05, 3.63) is 29.3 Å². The Kier molecular flexibility index (Phi) is 6.40. The molecule has 1 heterocycles. The number of thiazole rings is 1. The summed E-state index contributed by atoms with van der Waals surface area (Å²) in [5.74, 6) is -0.807. The topological polar surface area (TPSA) is 92.1 Å². The molecule has 3 rings (SSSR count). The molecule has 7 heteroatoms. The monoisotopic (exact) mass is 385 g/mol. The van der Waals surface area contributed by atoms with Gasteiger partial charge >= 0.3 is 5.97 Å². The van der Waals surface area contributed by atoms with E-state index in [0.717, 1.165) is 34.5 Å². The number of nitriles is 1. The summed E-state index contributed by atoms with van der Waals surface area (Å²) in [5, 5.41) is 13.1. The third kappa shape index (κ3) is 5.27. The number of nitrogens with zero attached hydrogens (tertiary/aromatic N) is 2. The van der Waals surface area contributed by atoms with E-state index in [1.165, 1.54) is 0 Å². The standard InChI is InChI=1S/C20H23N3O3S/c21-14-20(11-4-1-5-12-20)23-17(24)13-26-19(25)10-6-9-18-22-15-7-2-3-8-16(15)27-18/h2-3,7-8H,1,4-6,9-13H2,(H,23,24). The zero-order valence-corrected chi connectivity index (χ0v) is 16.0. The van der Waals surface area contributed by atoms with Crippen molar-refractivity contribution in [2.75, 3.05) is 6.61 Å². The first-order valence-corrected chi connectivity index (χ1v) is 10.1. The van der Waals surface area contributed by atoms with Gasteiger partial charge in [0.15, 0.2) is 6.61 Å². The molecule has 1 aromatic carbocycles. The first-order chi connectivity index (χ1) is 13.1. The molecule has 0 spiro atoms. The SMILES string of the molecule is N#CC1(NC(=O)COC(=O)CCCc2nc3ccccc3s2)CCCCC1. The predicted octanol–water partition coefficient (Wildman–Crippen LogP) is 3.50. The van der Waals surface area contributed by atoms with Crippen LogP contribution in [0.3, 0.4) is 0 Å². The fourth-order valence-electron chi connectivity index (χ4n) is 3.35. The summed E-state index contributed by atoms with van der Waals surface area (Å²) >= 11 is 1.63. The van der Waals surface area contributed by atoms with Gasteiger partial charge < -0.3 is 10.1 Å². The molecule has 6 nitrogen and oxygen atoms in total. The highest BCUT2D eigenvalue weighted by Gasteiger charge is 2.33. The highest BCUT2D eigenvalue weighted by Crippen LogP contribution is 2.27. The van der Waals surface area contributed by atoms with Crippen molar-refractivity contribution in [1.29, 1.82) is 5.26 Å². The number of hydrogen-bond acceptors (Lipinski definition) is 6. The number of rotatable bonds is 7. The molecule has 2 aromatic rings. The predicted molar refractivity (Wildman–Crippen MR) is 103 cm³/mol. The summed E-state index contributed by atoms with van der Waals surface area (Å²) in [5.41, 5.74) is 0.181. The quantitative estimate of drug-likeness (QED) is 0.737. The maximum absolute atomic E-state index is 12.0. The maximum Gasteiger partial charge on any atom is 0.306 e. The van der Waals surface area contributed by atoms with Crippen LogP contribution in [0.4, 0.5) is 0 Å². The van der Waals surface area contributed by atoms with Crippen molar-refractivity contribution < 1.29 is 14.3 Å². The minimum Gasteiger partial charge on any atom is -0.456 e. The van der Waals surface area contributed by atoms with Crippen molar-refractivity contribution in [1.82, 2.24) is 10.3 Å². The van der Waals surface area contributed by atoms with Gasteiger partial charge in [0.25, 0.3) is 5.91 Å². The van der Waals surface area contributed by atoms with E-state index in [1.54, 1.807) is 11.3 Å². The second-order valence-corrected chi connectivity index (χ2v) is 8.01. The molecule has 1 aliphatic rings. The van der Waals surface area contributed by atoms with E-state index in [9.17, 15) is 14.9 Å². The summed E-state index contributed by atoms with van der Waals surface area (Å²) in [4.78, 5) is 28.4. The molecular weight excluding hydrogens is 362 g/mol. The summed E-state index contributed by atoms with van der Waals surface area (Å²) in [6, 6.07) is 10.2. The molecule has 0 radical (unpaired) electrons. The van der Waals surface area contributed by atoms with Crippen LogP contribution >= 0.6 is 11.3 Å². The molecule has 1 fully saturated rings. The Hall–Kier alpha value is -2.46. The van der Waals surface area contributed by atoms with E-state index in [4.69, 9.17) is 4.74 Å². The molecule has 1 saturated carbocycles. The minimum atomic E-state index is -0.797. The largest absolute Gasteiger partial charge is 0.456 e. The van der Waals surface area contributed by atoms with Gasteiger partial charge in [-0.3, -0.25) is 9.59 Å². The van der Waals surface area contributed by atoms with Crippen molar-refractivity contribution in [2.45, 2.75) is 56.9 Å². The first-order valence-electron chi connectivity index (χ1n) is 9.33. The molecule has 1 N–H and O–H groups in total. The van der Waals surface area contributed by atoms with Crippen LogP contribution in [0, 0.1) is 11.3 Å². The number of fused-ring (bicyclic) bond motifs is 1. The number of carbonyl (C=O) groups is 2. The van der Waals surface area contributed by atoms with Crippen LogP contribution in [0.25, 0.3) is 10.2 Å². The Morgan fingerprint density at radius 1 is 1.26 bits per heavy atom. The van der Waals surface area contributed by atoms with Gasteiger partial charge in [-0.1, -0.05) is 31.4 Å². The molecule has 0 aliphatic heterocycles. The van der Waals surface area contributed by atoms with Gasteiger partial charge in [-0.2, -0.15) is 5.26 Å². The zero-order valence-electron chi connectivity index (χ0n) is 15.2. The van der Waals surface area contributed by atoms with E-state index in [-0.39, 0.29) is 13.0 Å². The Labute approximate surface area is 162 Å². The second-order valence-electron chi connectivity index (χ2n) is 6.89. The number of amides is 1. The molecule has 142 valence electrons. The lowest BCUT2D eigenvalue weighted by molar-refractivity contribution is -0.149. The molecule has 27 heavy (non-hydrogen) atoms.